The van der Waals surface area contributed by atoms with Gasteiger partial charge in [0.05, 0.1) is 22.3 Å². The van der Waals surface area contributed by atoms with Crippen molar-refractivity contribution in [1.82, 2.24) is 10.6 Å². The first-order valence-electron chi connectivity index (χ1n) is 9.60. The molecule has 2 aliphatic carbocycles. The first-order valence-corrected chi connectivity index (χ1v) is 11.1. The van der Waals surface area contributed by atoms with Crippen molar-refractivity contribution in [2.75, 3.05) is 6.54 Å². The van der Waals surface area contributed by atoms with Gasteiger partial charge in [0.2, 0.25) is 5.91 Å². The Labute approximate surface area is 163 Å². The van der Waals surface area contributed by atoms with E-state index < -0.39 is 26.8 Å². The fourth-order valence-corrected chi connectivity index (χ4v) is 5.71. The van der Waals surface area contributed by atoms with Crippen LogP contribution in [0.3, 0.4) is 0 Å². The molecule has 0 unspecified atom stereocenters. The third kappa shape index (κ3) is 5.05. The summed E-state index contributed by atoms with van der Waals surface area (Å²) in [6.07, 6.45) is 1.42. The second kappa shape index (κ2) is 8.41. The van der Waals surface area contributed by atoms with Crippen molar-refractivity contribution >= 4 is 15.7 Å². The summed E-state index contributed by atoms with van der Waals surface area (Å²) in [5.41, 5.74) is -0.970. The molecule has 156 valence electrons. The second-order valence-electron chi connectivity index (χ2n) is 7.64. The zero-order valence-electron chi connectivity index (χ0n) is 15.5. The van der Waals surface area contributed by atoms with Gasteiger partial charge in [-0.1, -0.05) is 25.3 Å². The number of carbonyl (C=O) groups is 1. The Morgan fingerprint density at radius 3 is 2.39 bits per heavy atom. The van der Waals surface area contributed by atoms with Crippen molar-refractivity contribution < 1.29 is 26.4 Å². The van der Waals surface area contributed by atoms with Gasteiger partial charge in [0, 0.05) is 12.1 Å². The Morgan fingerprint density at radius 1 is 1.07 bits per heavy atom. The summed E-state index contributed by atoms with van der Waals surface area (Å²) in [6.45, 7) is 0.123. The monoisotopic (exact) mass is 418 g/mol. The van der Waals surface area contributed by atoms with E-state index in [9.17, 15) is 26.4 Å². The molecule has 0 aliphatic heterocycles. The molecule has 0 heterocycles. The van der Waals surface area contributed by atoms with Gasteiger partial charge in [-0.25, -0.2) is 8.42 Å². The first kappa shape index (κ1) is 21.1. The maximum Gasteiger partial charge on any atom is 0.416 e. The molecule has 1 aromatic rings. The number of rotatable bonds is 6. The van der Waals surface area contributed by atoms with E-state index in [1.807, 2.05) is 0 Å². The zero-order chi connectivity index (χ0) is 20.4. The molecule has 2 aliphatic rings. The largest absolute Gasteiger partial charge is 0.416 e. The average molecular weight is 418 g/mol. The van der Waals surface area contributed by atoms with Crippen LogP contribution in [-0.4, -0.2) is 38.2 Å². The number of amides is 1. The summed E-state index contributed by atoms with van der Waals surface area (Å²) in [7, 11) is -3.82. The standard InChI is InChI=1S/C19H25F3N2O3S/c20-19(21,22)13-5-4-8-16(9-13)28(26,27)17-10-15(11-17)23-12-18(25)24-14-6-2-1-3-7-14/h4-5,8-9,14-15,17,23H,1-3,6-7,10-12H2,(H,24,25). The number of nitrogens with one attached hydrogen (secondary N) is 2. The summed E-state index contributed by atoms with van der Waals surface area (Å²) in [6, 6.07) is 3.95. The minimum absolute atomic E-state index is 0.101. The van der Waals surface area contributed by atoms with E-state index in [0.29, 0.717) is 6.07 Å². The van der Waals surface area contributed by atoms with Gasteiger partial charge in [-0.2, -0.15) is 13.2 Å². The molecule has 0 radical (unpaired) electrons. The van der Waals surface area contributed by atoms with E-state index in [2.05, 4.69) is 10.6 Å². The molecule has 28 heavy (non-hydrogen) atoms. The van der Waals surface area contributed by atoms with E-state index in [4.69, 9.17) is 0 Å². The Hall–Kier alpha value is -1.61. The van der Waals surface area contributed by atoms with Gasteiger partial charge in [-0.3, -0.25) is 4.79 Å². The number of hydrogen-bond acceptors (Lipinski definition) is 4. The molecule has 1 amide bonds. The highest BCUT2D eigenvalue weighted by Crippen LogP contribution is 2.35. The number of halogens is 3. The van der Waals surface area contributed by atoms with Gasteiger partial charge in [0.1, 0.15) is 0 Å². The van der Waals surface area contributed by atoms with Crippen LogP contribution in [0.15, 0.2) is 29.2 Å². The molecule has 2 fully saturated rings. The normalized spacial score (nSPS) is 23.8. The topological polar surface area (TPSA) is 75.3 Å². The highest BCUT2D eigenvalue weighted by Gasteiger charge is 2.40. The summed E-state index contributed by atoms with van der Waals surface area (Å²) in [4.78, 5) is 11.7. The number of hydrogen-bond donors (Lipinski definition) is 2. The average Bonchev–Trinajstić information content (AvgIpc) is 2.60. The van der Waals surface area contributed by atoms with Crippen LogP contribution in [0, 0.1) is 0 Å². The summed E-state index contributed by atoms with van der Waals surface area (Å²) < 4.78 is 63.6. The first-order chi connectivity index (χ1) is 13.2. The van der Waals surface area contributed by atoms with Gasteiger partial charge in [-0.05, 0) is 43.9 Å². The van der Waals surface area contributed by atoms with Crippen molar-refractivity contribution in [3.05, 3.63) is 29.8 Å². The van der Waals surface area contributed by atoms with Gasteiger partial charge < -0.3 is 10.6 Å². The lowest BCUT2D eigenvalue weighted by atomic mass is 9.92. The lowest BCUT2D eigenvalue weighted by Crippen LogP contribution is -2.51. The molecule has 9 heteroatoms. The molecular weight excluding hydrogens is 393 g/mol. The van der Waals surface area contributed by atoms with Crippen molar-refractivity contribution in [2.45, 2.75) is 73.4 Å². The van der Waals surface area contributed by atoms with E-state index in [1.54, 1.807) is 0 Å². The van der Waals surface area contributed by atoms with Crippen LogP contribution in [0.2, 0.25) is 0 Å². The summed E-state index contributed by atoms with van der Waals surface area (Å²) >= 11 is 0. The zero-order valence-corrected chi connectivity index (χ0v) is 16.3. The minimum Gasteiger partial charge on any atom is -0.352 e. The molecule has 0 spiro atoms. The molecule has 5 nitrogen and oxygen atoms in total. The number of benzene rings is 1. The molecule has 0 saturated heterocycles. The fourth-order valence-electron chi connectivity index (χ4n) is 3.79. The molecule has 0 atom stereocenters. The Bertz CT molecular complexity index is 799. The van der Waals surface area contributed by atoms with Crippen LogP contribution in [-0.2, 0) is 20.8 Å². The molecule has 1 aromatic carbocycles. The Balaban J connectivity index is 1.48. The molecule has 0 bridgehead atoms. The van der Waals surface area contributed by atoms with Crippen molar-refractivity contribution in [3.63, 3.8) is 0 Å². The summed E-state index contributed by atoms with van der Waals surface area (Å²) in [5, 5.41) is 5.30. The number of sulfone groups is 1. The number of alkyl halides is 3. The molecule has 3 rings (SSSR count). The van der Waals surface area contributed by atoms with Crippen molar-refractivity contribution in [2.24, 2.45) is 0 Å². The summed E-state index contributed by atoms with van der Waals surface area (Å²) in [5.74, 6) is -0.101. The van der Waals surface area contributed by atoms with E-state index in [1.165, 1.54) is 12.5 Å². The van der Waals surface area contributed by atoms with Crippen molar-refractivity contribution in [1.29, 1.82) is 0 Å². The highest BCUT2D eigenvalue weighted by atomic mass is 32.2. The second-order valence-corrected chi connectivity index (χ2v) is 9.87. The van der Waals surface area contributed by atoms with E-state index >= 15 is 0 Å². The van der Waals surface area contributed by atoms with Crippen LogP contribution in [0.1, 0.15) is 50.5 Å². The number of carbonyl (C=O) groups excluding carboxylic acids is 1. The smallest absolute Gasteiger partial charge is 0.352 e. The van der Waals surface area contributed by atoms with Gasteiger partial charge in [0.15, 0.2) is 9.84 Å². The van der Waals surface area contributed by atoms with Crippen LogP contribution >= 0.6 is 0 Å². The van der Waals surface area contributed by atoms with E-state index in [0.717, 1.165) is 37.8 Å². The van der Waals surface area contributed by atoms with Crippen LogP contribution < -0.4 is 10.6 Å². The maximum absolute atomic E-state index is 12.8. The predicted octanol–water partition coefficient (Wildman–Crippen LogP) is 3.05. The van der Waals surface area contributed by atoms with Gasteiger partial charge in [0.25, 0.3) is 0 Å². The molecular formula is C19H25F3N2O3S. The Morgan fingerprint density at radius 2 is 1.75 bits per heavy atom. The van der Waals surface area contributed by atoms with E-state index in [-0.39, 0.29) is 42.3 Å². The molecule has 2 saturated carbocycles. The minimum atomic E-state index is -4.58. The maximum atomic E-state index is 12.8. The lowest BCUT2D eigenvalue weighted by Gasteiger charge is -2.35. The SMILES string of the molecule is O=C(CNC1CC(S(=O)(=O)c2cccc(C(F)(F)F)c2)C1)NC1CCCCC1. The quantitative estimate of drug-likeness (QED) is 0.745. The molecule has 0 aromatic heterocycles. The molecule has 2 N–H and O–H groups in total. The highest BCUT2D eigenvalue weighted by molar-refractivity contribution is 7.92. The van der Waals surface area contributed by atoms with Crippen molar-refractivity contribution in [3.8, 4) is 0 Å². The third-order valence-corrected chi connectivity index (χ3v) is 7.72. The predicted molar refractivity (Wildman–Crippen MR) is 98.5 cm³/mol. The Kier molecular flexibility index (Phi) is 6.34. The van der Waals surface area contributed by atoms with Crippen LogP contribution in [0.25, 0.3) is 0 Å². The van der Waals surface area contributed by atoms with Crippen LogP contribution in [0.4, 0.5) is 13.2 Å². The lowest BCUT2D eigenvalue weighted by molar-refractivity contribution is -0.137. The third-order valence-electron chi connectivity index (χ3n) is 5.55. The fraction of sp³-hybridized carbons (Fsp3) is 0.632. The van der Waals surface area contributed by atoms with Gasteiger partial charge >= 0.3 is 6.18 Å². The van der Waals surface area contributed by atoms with Crippen LogP contribution in [0.5, 0.6) is 0 Å². The van der Waals surface area contributed by atoms with Gasteiger partial charge in [-0.15, -0.1) is 0 Å².